The van der Waals surface area contributed by atoms with E-state index in [1.54, 1.807) is 0 Å². The van der Waals surface area contributed by atoms with E-state index in [0.29, 0.717) is 26.1 Å². The lowest BCUT2D eigenvalue weighted by Gasteiger charge is -2.36. The topological polar surface area (TPSA) is 58.6 Å². The van der Waals surface area contributed by atoms with Gasteiger partial charge in [-0.1, -0.05) is 11.6 Å². The second kappa shape index (κ2) is 5.66. The molecular formula is C11H18ClNO3. The van der Waals surface area contributed by atoms with Crippen LogP contribution in [0.5, 0.6) is 0 Å². The summed E-state index contributed by atoms with van der Waals surface area (Å²) in [5.74, 6) is -0.682. The smallest absolute Gasteiger partial charge is 0.313 e. The molecule has 0 atom stereocenters. The second-order valence-corrected chi connectivity index (χ2v) is 4.18. The first-order valence-electron chi connectivity index (χ1n) is 5.47. The van der Waals surface area contributed by atoms with Crippen molar-refractivity contribution >= 4 is 18.4 Å². The number of carboxylic acid groups (broad SMARTS) is 1. The van der Waals surface area contributed by atoms with Crippen LogP contribution in [0.25, 0.3) is 0 Å². The fraction of sp³-hybridized carbons (Fsp3) is 0.727. The van der Waals surface area contributed by atoms with Crippen LogP contribution in [0.2, 0.25) is 0 Å². The summed E-state index contributed by atoms with van der Waals surface area (Å²) in [5, 5.41) is 12.6. The number of ether oxygens (including phenoxy) is 1. The Kier molecular flexibility index (Phi) is 4.77. The van der Waals surface area contributed by atoms with Crippen molar-refractivity contribution in [2.45, 2.75) is 19.3 Å². The molecule has 0 spiro atoms. The lowest BCUT2D eigenvalue weighted by atomic mass is 9.72. The van der Waals surface area contributed by atoms with E-state index in [4.69, 9.17) is 4.74 Å². The molecule has 2 rings (SSSR count). The third-order valence-electron chi connectivity index (χ3n) is 3.43. The van der Waals surface area contributed by atoms with Crippen LogP contribution >= 0.6 is 12.4 Å². The van der Waals surface area contributed by atoms with E-state index < -0.39 is 11.4 Å². The summed E-state index contributed by atoms with van der Waals surface area (Å²) in [7, 11) is 0. The molecule has 0 saturated carbocycles. The maximum Gasteiger partial charge on any atom is 0.313 e. The second-order valence-electron chi connectivity index (χ2n) is 4.18. The SMILES string of the molecule is Cl.O=C(O)C1(C2=CCNCC2)CCOCC1. The van der Waals surface area contributed by atoms with E-state index in [1.165, 1.54) is 0 Å². The summed E-state index contributed by atoms with van der Waals surface area (Å²) in [4.78, 5) is 11.5. The molecule has 2 aliphatic rings. The highest BCUT2D eigenvalue weighted by molar-refractivity contribution is 5.85. The molecule has 1 fully saturated rings. The van der Waals surface area contributed by atoms with Gasteiger partial charge in [0.05, 0.1) is 5.41 Å². The summed E-state index contributed by atoms with van der Waals surface area (Å²) >= 11 is 0. The van der Waals surface area contributed by atoms with Crippen LogP contribution in [0.15, 0.2) is 11.6 Å². The van der Waals surface area contributed by atoms with Gasteiger partial charge in [0.2, 0.25) is 0 Å². The first-order valence-corrected chi connectivity index (χ1v) is 5.47. The lowest BCUT2D eigenvalue weighted by molar-refractivity contribution is -0.151. The third-order valence-corrected chi connectivity index (χ3v) is 3.43. The van der Waals surface area contributed by atoms with Crippen molar-refractivity contribution < 1.29 is 14.6 Å². The van der Waals surface area contributed by atoms with Gasteiger partial charge in [0.15, 0.2) is 0 Å². The van der Waals surface area contributed by atoms with Crippen molar-refractivity contribution in [2.24, 2.45) is 5.41 Å². The predicted molar refractivity (Wildman–Crippen MR) is 62.9 cm³/mol. The van der Waals surface area contributed by atoms with Crippen molar-refractivity contribution in [1.29, 1.82) is 0 Å². The minimum atomic E-state index is -0.682. The van der Waals surface area contributed by atoms with Crippen LogP contribution in [0, 0.1) is 5.41 Å². The summed E-state index contributed by atoms with van der Waals surface area (Å²) in [5.41, 5.74) is 0.456. The first kappa shape index (κ1) is 13.5. The Labute approximate surface area is 101 Å². The lowest BCUT2D eigenvalue weighted by Crippen LogP contribution is -2.41. The minimum Gasteiger partial charge on any atom is -0.481 e. The highest BCUT2D eigenvalue weighted by atomic mass is 35.5. The van der Waals surface area contributed by atoms with Crippen LogP contribution in [0.1, 0.15) is 19.3 Å². The number of carbonyl (C=O) groups is 1. The van der Waals surface area contributed by atoms with E-state index in [1.807, 2.05) is 6.08 Å². The van der Waals surface area contributed by atoms with Crippen molar-refractivity contribution in [1.82, 2.24) is 5.32 Å². The molecular weight excluding hydrogens is 230 g/mol. The van der Waals surface area contributed by atoms with Gasteiger partial charge in [0.1, 0.15) is 0 Å². The molecule has 0 radical (unpaired) electrons. The number of carboxylic acids is 1. The average Bonchev–Trinajstić information content (AvgIpc) is 2.31. The molecule has 0 aromatic rings. The highest BCUT2D eigenvalue weighted by Crippen LogP contribution is 2.40. The van der Waals surface area contributed by atoms with E-state index in [2.05, 4.69) is 5.32 Å². The average molecular weight is 248 g/mol. The van der Waals surface area contributed by atoms with Gasteiger partial charge in [-0.3, -0.25) is 4.79 Å². The molecule has 0 aliphatic carbocycles. The van der Waals surface area contributed by atoms with Gasteiger partial charge in [0.25, 0.3) is 0 Å². The number of hydrogen-bond donors (Lipinski definition) is 2. The van der Waals surface area contributed by atoms with Crippen LogP contribution in [0.3, 0.4) is 0 Å². The summed E-state index contributed by atoms with van der Waals surface area (Å²) in [6.07, 6.45) is 4.14. The maximum atomic E-state index is 11.5. The molecule has 92 valence electrons. The van der Waals surface area contributed by atoms with Gasteiger partial charge in [-0.05, 0) is 25.8 Å². The van der Waals surface area contributed by atoms with E-state index in [-0.39, 0.29) is 12.4 Å². The molecule has 0 amide bonds. The number of nitrogens with one attached hydrogen (secondary N) is 1. The Balaban J connectivity index is 0.00000128. The Morgan fingerprint density at radius 1 is 1.44 bits per heavy atom. The largest absolute Gasteiger partial charge is 0.481 e. The summed E-state index contributed by atoms with van der Waals surface area (Å²) in [6.45, 7) is 2.82. The van der Waals surface area contributed by atoms with Gasteiger partial charge in [-0.15, -0.1) is 12.4 Å². The van der Waals surface area contributed by atoms with Crippen LogP contribution in [0.4, 0.5) is 0 Å². The zero-order valence-electron chi connectivity index (χ0n) is 9.20. The zero-order chi connectivity index (χ0) is 10.7. The van der Waals surface area contributed by atoms with E-state index >= 15 is 0 Å². The molecule has 2 heterocycles. The molecule has 4 nitrogen and oxygen atoms in total. The normalized spacial score (nSPS) is 24.1. The number of halogens is 1. The summed E-state index contributed by atoms with van der Waals surface area (Å²) in [6, 6.07) is 0. The van der Waals surface area contributed by atoms with Gasteiger partial charge in [-0.2, -0.15) is 0 Å². The summed E-state index contributed by atoms with van der Waals surface area (Å²) < 4.78 is 5.26. The number of hydrogen-bond acceptors (Lipinski definition) is 3. The Hall–Kier alpha value is -0.580. The molecule has 0 unspecified atom stereocenters. The number of aliphatic carboxylic acids is 1. The van der Waals surface area contributed by atoms with Crippen LogP contribution < -0.4 is 5.32 Å². The minimum absolute atomic E-state index is 0. The maximum absolute atomic E-state index is 11.5. The monoisotopic (exact) mass is 247 g/mol. The van der Waals surface area contributed by atoms with Crippen molar-refractivity contribution in [2.75, 3.05) is 26.3 Å². The molecule has 2 N–H and O–H groups in total. The molecule has 0 aromatic carbocycles. The van der Waals surface area contributed by atoms with Gasteiger partial charge in [-0.25, -0.2) is 0 Å². The first-order chi connectivity index (χ1) is 7.26. The molecule has 5 heteroatoms. The molecule has 2 aliphatic heterocycles. The van der Waals surface area contributed by atoms with E-state index in [0.717, 1.165) is 25.1 Å². The third kappa shape index (κ3) is 2.39. The fourth-order valence-electron chi connectivity index (χ4n) is 2.45. The van der Waals surface area contributed by atoms with Crippen molar-refractivity contribution in [3.05, 3.63) is 11.6 Å². The Morgan fingerprint density at radius 2 is 2.12 bits per heavy atom. The van der Waals surface area contributed by atoms with Crippen LogP contribution in [-0.2, 0) is 9.53 Å². The predicted octanol–water partition coefficient (Wildman–Crippen LogP) is 1.21. The molecule has 0 bridgehead atoms. The van der Waals surface area contributed by atoms with Crippen molar-refractivity contribution in [3.8, 4) is 0 Å². The Bertz CT molecular complexity index is 285. The number of rotatable bonds is 2. The van der Waals surface area contributed by atoms with Crippen LogP contribution in [-0.4, -0.2) is 37.4 Å². The molecule has 16 heavy (non-hydrogen) atoms. The molecule has 0 aromatic heterocycles. The van der Waals surface area contributed by atoms with Gasteiger partial charge < -0.3 is 15.2 Å². The quantitative estimate of drug-likeness (QED) is 0.721. The van der Waals surface area contributed by atoms with Crippen molar-refractivity contribution in [3.63, 3.8) is 0 Å². The zero-order valence-corrected chi connectivity index (χ0v) is 10.0. The highest BCUT2D eigenvalue weighted by Gasteiger charge is 2.43. The standard InChI is InChI=1S/C11H17NO3.ClH/c13-10(14)11(3-7-15-8-4-11)9-1-5-12-6-2-9;/h1,12H,2-8H2,(H,13,14);1H. The van der Waals surface area contributed by atoms with Gasteiger partial charge >= 0.3 is 5.97 Å². The molecule has 1 saturated heterocycles. The van der Waals surface area contributed by atoms with E-state index in [9.17, 15) is 9.90 Å². The fourth-order valence-corrected chi connectivity index (χ4v) is 2.45. The van der Waals surface area contributed by atoms with Gasteiger partial charge in [0, 0.05) is 19.8 Å². The Morgan fingerprint density at radius 3 is 2.62 bits per heavy atom.